The Kier molecular flexibility index (Phi) is 4.17. The van der Waals surface area contributed by atoms with Crippen LogP contribution in [0.5, 0.6) is 0 Å². The van der Waals surface area contributed by atoms with Crippen molar-refractivity contribution in [1.29, 1.82) is 0 Å². The molecule has 1 aromatic heterocycles. The molecule has 0 aliphatic rings. The second-order valence-electron chi connectivity index (χ2n) is 2.66. The predicted octanol–water partition coefficient (Wildman–Crippen LogP) is 0.00330. The quantitative estimate of drug-likeness (QED) is 0.735. The lowest BCUT2D eigenvalue weighted by molar-refractivity contribution is -0.139. The van der Waals surface area contributed by atoms with Crippen molar-refractivity contribution in [3.63, 3.8) is 0 Å². The SMILES string of the molecule is CCc1nnsc1C(=O)NCC(=O)OC. The lowest BCUT2D eigenvalue weighted by atomic mass is 10.3. The summed E-state index contributed by atoms with van der Waals surface area (Å²) in [5, 5.41) is 6.22. The van der Waals surface area contributed by atoms with E-state index in [9.17, 15) is 9.59 Å². The molecule has 0 fully saturated rings. The normalized spacial score (nSPS) is 9.73. The van der Waals surface area contributed by atoms with Gasteiger partial charge in [0.05, 0.1) is 12.8 Å². The van der Waals surface area contributed by atoms with Crippen molar-refractivity contribution in [2.24, 2.45) is 0 Å². The monoisotopic (exact) mass is 229 g/mol. The van der Waals surface area contributed by atoms with Gasteiger partial charge in [-0.2, -0.15) is 0 Å². The summed E-state index contributed by atoms with van der Waals surface area (Å²) in [5.41, 5.74) is 0.641. The number of carbonyl (C=O) groups is 2. The summed E-state index contributed by atoms with van der Waals surface area (Å²) in [4.78, 5) is 22.7. The summed E-state index contributed by atoms with van der Waals surface area (Å²) in [6.45, 7) is 1.74. The van der Waals surface area contributed by atoms with Crippen LogP contribution in [0.3, 0.4) is 0 Å². The Morgan fingerprint density at radius 2 is 2.27 bits per heavy atom. The molecule has 0 atom stereocenters. The third-order valence-electron chi connectivity index (χ3n) is 1.72. The second kappa shape index (κ2) is 5.40. The van der Waals surface area contributed by atoms with Gasteiger partial charge in [-0.25, -0.2) is 0 Å². The summed E-state index contributed by atoms with van der Waals surface area (Å²) in [6.07, 6.45) is 0.636. The van der Waals surface area contributed by atoms with Crippen molar-refractivity contribution in [2.45, 2.75) is 13.3 Å². The van der Waals surface area contributed by atoms with E-state index in [2.05, 4.69) is 19.6 Å². The van der Waals surface area contributed by atoms with E-state index in [-0.39, 0.29) is 12.5 Å². The smallest absolute Gasteiger partial charge is 0.325 e. The molecule has 82 valence electrons. The Bertz CT molecular complexity index is 364. The van der Waals surface area contributed by atoms with Crippen LogP contribution in [0.15, 0.2) is 0 Å². The van der Waals surface area contributed by atoms with Crippen molar-refractivity contribution >= 4 is 23.4 Å². The van der Waals surface area contributed by atoms with Crippen LogP contribution in [0.1, 0.15) is 22.3 Å². The molecule has 0 spiro atoms. The topological polar surface area (TPSA) is 81.2 Å². The molecule has 0 aromatic carbocycles. The van der Waals surface area contributed by atoms with Crippen LogP contribution >= 0.6 is 11.5 Å². The number of carbonyl (C=O) groups excluding carboxylic acids is 2. The van der Waals surface area contributed by atoms with Crippen LogP contribution in [0.2, 0.25) is 0 Å². The molecule has 0 aliphatic heterocycles. The number of nitrogens with one attached hydrogen (secondary N) is 1. The van der Waals surface area contributed by atoms with Crippen molar-refractivity contribution in [2.75, 3.05) is 13.7 Å². The third kappa shape index (κ3) is 2.98. The zero-order valence-electron chi connectivity index (χ0n) is 8.44. The molecular formula is C8H11N3O3S. The van der Waals surface area contributed by atoms with Gasteiger partial charge in [0.2, 0.25) is 0 Å². The molecule has 0 unspecified atom stereocenters. The summed E-state index contributed by atoms with van der Waals surface area (Å²) in [6, 6.07) is 0. The summed E-state index contributed by atoms with van der Waals surface area (Å²) in [5.74, 6) is -0.828. The van der Waals surface area contributed by atoms with Gasteiger partial charge in [0.15, 0.2) is 0 Å². The first-order valence-electron chi connectivity index (χ1n) is 4.35. The number of methoxy groups -OCH3 is 1. The van der Waals surface area contributed by atoms with Crippen LogP contribution < -0.4 is 5.32 Å². The molecule has 0 bridgehead atoms. The number of nitrogens with zero attached hydrogens (tertiary/aromatic N) is 2. The maximum atomic E-state index is 11.5. The van der Waals surface area contributed by atoms with Crippen LogP contribution in [0, 0.1) is 0 Å². The molecule has 6 nitrogen and oxygen atoms in total. The highest BCUT2D eigenvalue weighted by atomic mass is 32.1. The van der Waals surface area contributed by atoms with Gasteiger partial charge in [0, 0.05) is 0 Å². The van der Waals surface area contributed by atoms with E-state index in [1.54, 1.807) is 0 Å². The highest BCUT2D eigenvalue weighted by Crippen LogP contribution is 2.10. The molecule has 0 saturated heterocycles. The van der Waals surface area contributed by atoms with E-state index in [1.165, 1.54) is 7.11 Å². The van der Waals surface area contributed by atoms with E-state index in [4.69, 9.17) is 0 Å². The van der Waals surface area contributed by atoms with Gasteiger partial charge < -0.3 is 10.1 Å². The van der Waals surface area contributed by atoms with E-state index < -0.39 is 5.97 Å². The first-order chi connectivity index (χ1) is 7.19. The molecule has 1 heterocycles. The molecule has 1 amide bonds. The second-order valence-corrected chi connectivity index (χ2v) is 3.42. The molecule has 1 rings (SSSR count). The zero-order chi connectivity index (χ0) is 11.3. The Morgan fingerprint density at radius 1 is 1.53 bits per heavy atom. The lowest BCUT2D eigenvalue weighted by Crippen LogP contribution is -2.30. The van der Waals surface area contributed by atoms with Crippen LogP contribution in [-0.2, 0) is 16.0 Å². The van der Waals surface area contributed by atoms with Crippen molar-refractivity contribution in [3.05, 3.63) is 10.6 Å². The number of rotatable bonds is 4. The van der Waals surface area contributed by atoms with Gasteiger partial charge in [0.25, 0.3) is 5.91 Å². The maximum Gasteiger partial charge on any atom is 0.325 e. The highest BCUT2D eigenvalue weighted by molar-refractivity contribution is 7.08. The summed E-state index contributed by atoms with van der Waals surface area (Å²) < 4.78 is 8.07. The molecule has 1 aromatic rings. The van der Waals surface area contributed by atoms with Gasteiger partial charge in [-0.05, 0) is 18.0 Å². The molecule has 0 aliphatic carbocycles. The standard InChI is InChI=1S/C8H11N3O3S/c1-3-5-7(15-11-10-5)8(13)9-4-6(12)14-2/h3-4H2,1-2H3,(H,9,13). The molecule has 7 heteroatoms. The number of hydrogen-bond donors (Lipinski definition) is 1. The van der Waals surface area contributed by atoms with E-state index in [0.717, 1.165) is 11.5 Å². The number of aromatic nitrogens is 2. The lowest BCUT2D eigenvalue weighted by Gasteiger charge is -2.01. The first-order valence-corrected chi connectivity index (χ1v) is 5.12. The van der Waals surface area contributed by atoms with Crippen LogP contribution in [-0.4, -0.2) is 35.1 Å². The van der Waals surface area contributed by atoms with Crippen molar-refractivity contribution in [3.8, 4) is 0 Å². The van der Waals surface area contributed by atoms with Gasteiger partial charge in [-0.1, -0.05) is 11.4 Å². The van der Waals surface area contributed by atoms with Gasteiger partial charge >= 0.3 is 5.97 Å². The Morgan fingerprint density at radius 3 is 2.87 bits per heavy atom. The molecule has 0 saturated carbocycles. The Balaban J connectivity index is 2.57. The van der Waals surface area contributed by atoms with E-state index in [1.807, 2.05) is 6.92 Å². The average Bonchev–Trinajstić information content (AvgIpc) is 2.73. The maximum absolute atomic E-state index is 11.5. The molecular weight excluding hydrogens is 218 g/mol. The van der Waals surface area contributed by atoms with Gasteiger partial charge in [-0.15, -0.1) is 5.10 Å². The van der Waals surface area contributed by atoms with Gasteiger partial charge in [-0.3, -0.25) is 9.59 Å². The number of aryl methyl sites for hydroxylation is 1. The fourth-order valence-electron chi connectivity index (χ4n) is 0.917. The first kappa shape index (κ1) is 11.6. The average molecular weight is 229 g/mol. The zero-order valence-corrected chi connectivity index (χ0v) is 9.26. The minimum Gasteiger partial charge on any atom is -0.468 e. The Hall–Kier alpha value is -1.50. The third-order valence-corrected chi connectivity index (χ3v) is 2.48. The predicted molar refractivity (Wildman–Crippen MR) is 53.6 cm³/mol. The minimum atomic E-state index is -0.487. The summed E-state index contributed by atoms with van der Waals surface area (Å²) >= 11 is 1.02. The number of hydrogen-bond acceptors (Lipinski definition) is 6. The van der Waals surface area contributed by atoms with E-state index in [0.29, 0.717) is 17.0 Å². The van der Waals surface area contributed by atoms with Crippen molar-refractivity contribution < 1.29 is 14.3 Å². The fourth-order valence-corrected chi connectivity index (χ4v) is 1.58. The van der Waals surface area contributed by atoms with Gasteiger partial charge in [0.1, 0.15) is 11.4 Å². The Labute approximate surface area is 90.8 Å². The fraction of sp³-hybridized carbons (Fsp3) is 0.500. The minimum absolute atomic E-state index is 0.142. The number of esters is 1. The highest BCUT2D eigenvalue weighted by Gasteiger charge is 2.15. The number of amides is 1. The molecule has 0 radical (unpaired) electrons. The van der Waals surface area contributed by atoms with Crippen LogP contribution in [0.25, 0.3) is 0 Å². The molecule has 1 N–H and O–H groups in total. The largest absolute Gasteiger partial charge is 0.468 e. The molecule has 15 heavy (non-hydrogen) atoms. The van der Waals surface area contributed by atoms with Crippen LogP contribution in [0.4, 0.5) is 0 Å². The van der Waals surface area contributed by atoms with Crippen molar-refractivity contribution in [1.82, 2.24) is 14.9 Å². The number of ether oxygens (including phenoxy) is 1. The summed E-state index contributed by atoms with van der Waals surface area (Å²) in [7, 11) is 1.26. The van der Waals surface area contributed by atoms with E-state index >= 15 is 0 Å².